The van der Waals surface area contributed by atoms with Gasteiger partial charge in [0.2, 0.25) is 0 Å². The zero-order valence-electron chi connectivity index (χ0n) is 8.05. The molecule has 0 unspecified atom stereocenters. The molecule has 1 aliphatic heterocycles. The summed E-state index contributed by atoms with van der Waals surface area (Å²) in [5, 5.41) is 4.15. The van der Waals surface area contributed by atoms with Gasteiger partial charge in [0.05, 0.1) is 6.33 Å². The summed E-state index contributed by atoms with van der Waals surface area (Å²) in [6, 6.07) is 0. The Morgan fingerprint density at radius 2 is 2.14 bits per heavy atom. The first-order chi connectivity index (χ1) is 6.77. The molecular weight excluding hydrogens is 180 g/mol. The van der Waals surface area contributed by atoms with Crippen LogP contribution < -0.4 is 4.90 Å². The maximum atomic E-state index is 4.32. The lowest BCUT2D eigenvalue weighted by Gasteiger charge is -2.23. The first kappa shape index (κ1) is 7.54. The summed E-state index contributed by atoms with van der Waals surface area (Å²) in [6.07, 6.45) is 3.37. The Bertz CT molecular complexity index is 482. The molecule has 3 heterocycles. The van der Waals surface area contributed by atoms with Crippen LogP contribution in [0.3, 0.4) is 0 Å². The van der Waals surface area contributed by atoms with E-state index in [2.05, 4.69) is 20.0 Å². The second-order valence-electron chi connectivity index (χ2n) is 3.45. The molecule has 0 aliphatic carbocycles. The minimum Gasteiger partial charge on any atom is -0.338 e. The molecule has 6 nitrogen and oxygen atoms in total. The molecule has 0 atom stereocenters. The number of anilines is 1. The van der Waals surface area contributed by atoms with Crippen molar-refractivity contribution in [1.29, 1.82) is 0 Å². The van der Waals surface area contributed by atoms with Crippen molar-refractivity contribution in [2.45, 2.75) is 6.67 Å². The fourth-order valence-corrected chi connectivity index (χ4v) is 1.77. The van der Waals surface area contributed by atoms with Crippen molar-refractivity contribution in [3.8, 4) is 11.5 Å². The van der Waals surface area contributed by atoms with Gasteiger partial charge in [-0.1, -0.05) is 0 Å². The summed E-state index contributed by atoms with van der Waals surface area (Å²) in [5.41, 5.74) is 1.02. The Labute approximate surface area is 80.8 Å². The molecule has 1 aliphatic rings. The second kappa shape index (κ2) is 2.34. The van der Waals surface area contributed by atoms with E-state index in [1.54, 1.807) is 12.7 Å². The highest BCUT2D eigenvalue weighted by atomic mass is 15.4. The van der Waals surface area contributed by atoms with Gasteiger partial charge in [-0.25, -0.2) is 14.6 Å². The zero-order valence-corrected chi connectivity index (χ0v) is 8.05. The van der Waals surface area contributed by atoms with E-state index in [4.69, 9.17) is 0 Å². The minimum absolute atomic E-state index is 0.708. The van der Waals surface area contributed by atoms with Gasteiger partial charge >= 0.3 is 0 Å². The van der Waals surface area contributed by atoms with Crippen LogP contribution in [-0.2, 0) is 13.7 Å². The summed E-state index contributed by atoms with van der Waals surface area (Å²) in [4.78, 5) is 10.6. The molecule has 72 valence electrons. The van der Waals surface area contributed by atoms with Crippen LogP contribution in [0.15, 0.2) is 12.7 Å². The Balaban J connectivity index is 2.33. The number of fused-ring (bicyclic) bond motifs is 3. The third-order valence-electron chi connectivity index (χ3n) is 2.45. The van der Waals surface area contributed by atoms with Crippen LogP contribution >= 0.6 is 0 Å². The molecule has 0 spiro atoms. The van der Waals surface area contributed by atoms with Crippen molar-refractivity contribution in [3.05, 3.63) is 12.7 Å². The standard InChI is InChI=1S/C8H10N6/c1-12-4-10-7-6(12)8-9-3-11-14(8)5-13(7)2/h3-4H,5H2,1-2H3. The average Bonchev–Trinajstić information content (AvgIpc) is 2.71. The molecule has 0 amide bonds. The van der Waals surface area contributed by atoms with Crippen LogP contribution in [-0.4, -0.2) is 31.4 Å². The highest BCUT2D eigenvalue weighted by Gasteiger charge is 2.25. The van der Waals surface area contributed by atoms with Crippen molar-refractivity contribution in [2.75, 3.05) is 11.9 Å². The van der Waals surface area contributed by atoms with Crippen molar-refractivity contribution in [1.82, 2.24) is 24.3 Å². The van der Waals surface area contributed by atoms with Crippen molar-refractivity contribution in [3.63, 3.8) is 0 Å². The van der Waals surface area contributed by atoms with Crippen molar-refractivity contribution >= 4 is 5.82 Å². The fraction of sp³-hybridized carbons (Fsp3) is 0.375. The van der Waals surface area contributed by atoms with Crippen LogP contribution in [0.2, 0.25) is 0 Å². The Kier molecular flexibility index (Phi) is 1.26. The van der Waals surface area contributed by atoms with Crippen LogP contribution in [0, 0.1) is 0 Å². The van der Waals surface area contributed by atoms with Gasteiger partial charge < -0.3 is 9.47 Å². The van der Waals surface area contributed by atoms with E-state index < -0.39 is 0 Å². The van der Waals surface area contributed by atoms with Gasteiger partial charge in [-0.15, -0.1) is 0 Å². The summed E-state index contributed by atoms with van der Waals surface area (Å²) < 4.78 is 3.83. The molecule has 0 fully saturated rings. The molecule has 3 rings (SSSR count). The smallest absolute Gasteiger partial charge is 0.180 e. The highest BCUT2D eigenvalue weighted by Crippen LogP contribution is 2.30. The number of hydrogen-bond acceptors (Lipinski definition) is 4. The van der Waals surface area contributed by atoms with Crippen molar-refractivity contribution < 1.29 is 0 Å². The lowest BCUT2D eigenvalue weighted by molar-refractivity contribution is 0.593. The largest absolute Gasteiger partial charge is 0.338 e. The molecule has 0 aromatic carbocycles. The maximum Gasteiger partial charge on any atom is 0.180 e. The Morgan fingerprint density at radius 3 is 3.00 bits per heavy atom. The zero-order chi connectivity index (χ0) is 9.71. The molecule has 14 heavy (non-hydrogen) atoms. The average molecular weight is 190 g/mol. The van der Waals surface area contributed by atoms with Gasteiger partial charge in [-0.05, 0) is 0 Å². The van der Waals surface area contributed by atoms with E-state index in [1.165, 1.54) is 0 Å². The first-order valence-corrected chi connectivity index (χ1v) is 4.38. The molecule has 0 radical (unpaired) electrons. The van der Waals surface area contributed by atoms with Crippen molar-refractivity contribution in [2.24, 2.45) is 7.05 Å². The molecule has 2 aromatic heterocycles. The molecule has 0 bridgehead atoms. The summed E-state index contributed by atoms with van der Waals surface area (Å²) in [6.45, 7) is 0.708. The number of imidazole rings is 1. The first-order valence-electron chi connectivity index (χ1n) is 4.38. The van der Waals surface area contributed by atoms with Gasteiger partial charge in [0.1, 0.15) is 18.7 Å². The van der Waals surface area contributed by atoms with E-state index >= 15 is 0 Å². The molecule has 2 aromatic rings. The highest BCUT2D eigenvalue weighted by molar-refractivity contribution is 5.69. The molecule has 0 saturated heterocycles. The Hall–Kier alpha value is -1.85. The molecular formula is C8H10N6. The summed E-state index contributed by atoms with van der Waals surface area (Å²) in [5.74, 6) is 1.85. The number of nitrogens with zero attached hydrogens (tertiary/aromatic N) is 6. The third kappa shape index (κ3) is 0.773. The predicted molar refractivity (Wildman–Crippen MR) is 50.6 cm³/mol. The number of aromatic nitrogens is 5. The third-order valence-corrected chi connectivity index (χ3v) is 2.45. The van der Waals surface area contributed by atoms with Crippen LogP contribution in [0.4, 0.5) is 5.82 Å². The minimum atomic E-state index is 0.708. The van der Waals surface area contributed by atoms with Crippen LogP contribution in [0.1, 0.15) is 0 Å². The van der Waals surface area contributed by atoms with Crippen LogP contribution in [0.25, 0.3) is 11.5 Å². The van der Waals surface area contributed by atoms with E-state index in [-0.39, 0.29) is 0 Å². The number of rotatable bonds is 0. The van der Waals surface area contributed by atoms with Gasteiger partial charge in [0.25, 0.3) is 0 Å². The lowest BCUT2D eigenvalue weighted by Crippen LogP contribution is -2.27. The van der Waals surface area contributed by atoms with E-state index in [1.807, 2.05) is 23.3 Å². The maximum absolute atomic E-state index is 4.32. The molecule has 0 saturated carbocycles. The topological polar surface area (TPSA) is 51.8 Å². The fourth-order valence-electron chi connectivity index (χ4n) is 1.77. The second-order valence-corrected chi connectivity index (χ2v) is 3.45. The van der Waals surface area contributed by atoms with E-state index in [0.717, 1.165) is 17.3 Å². The molecule has 6 heteroatoms. The van der Waals surface area contributed by atoms with E-state index in [0.29, 0.717) is 6.67 Å². The summed E-state index contributed by atoms with van der Waals surface area (Å²) >= 11 is 0. The van der Waals surface area contributed by atoms with Gasteiger partial charge in [-0.2, -0.15) is 5.10 Å². The van der Waals surface area contributed by atoms with Gasteiger partial charge in [-0.3, -0.25) is 0 Å². The molecule has 0 N–H and O–H groups in total. The number of aryl methyl sites for hydroxylation is 1. The monoisotopic (exact) mass is 190 g/mol. The predicted octanol–water partition coefficient (Wildman–Crippen LogP) is 0.0859. The van der Waals surface area contributed by atoms with E-state index in [9.17, 15) is 0 Å². The SMILES string of the molecule is CN1Cn2ncnc2-c2c1ncn2C. The van der Waals surface area contributed by atoms with Crippen LogP contribution in [0.5, 0.6) is 0 Å². The van der Waals surface area contributed by atoms with Gasteiger partial charge in [0, 0.05) is 14.1 Å². The Morgan fingerprint density at radius 1 is 1.29 bits per heavy atom. The lowest BCUT2D eigenvalue weighted by atomic mass is 10.3. The normalized spacial score (nSPS) is 14.0. The summed E-state index contributed by atoms with van der Waals surface area (Å²) in [7, 11) is 3.96. The number of hydrogen-bond donors (Lipinski definition) is 0. The quantitative estimate of drug-likeness (QED) is 0.590. The van der Waals surface area contributed by atoms with Gasteiger partial charge in [0.15, 0.2) is 11.6 Å².